The highest BCUT2D eigenvalue weighted by Crippen LogP contribution is 2.26. The van der Waals surface area contributed by atoms with Crippen molar-refractivity contribution in [1.29, 1.82) is 0 Å². The number of ether oxygens (including phenoxy) is 2. The lowest BCUT2D eigenvalue weighted by Crippen LogP contribution is -2.27. The largest absolute Gasteiger partial charge is 0.497 e. The van der Waals surface area contributed by atoms with Gasteiger partial charge in [0.15, 0.2) is 0 Å². The van der Waals surface area contributed by atoms with Gasteiger partial charge in [0, 0.05) is 13.6 Å². The zero-order valence-corrected chi connectivity index (χ0v) is 18.9. The molecule has 32 heavy (non-hydrogen) atoms. The molecule has 4 aromatic rings. The van der Waals surface area contributed by atoms with Crippen LogP contribution >= 0.6 is 11.8 Å². The van der Waals surface area contributed by atoms with Gasteiger partial charge in [-0.2, -0.15) is 4.68 Å². The second-order valence-electron chi connectivity index (χ2n) is 7.13. The van der Waals surface area contributed by atoms with Gasteiger partial charge >= 0.3 is 0 Å². The van der Waals surface area contributed by atoms with Gasteiger partial charge in [-0.15, -0.1) is 5.10 Å². The predicted octanol–water partition coefficient (Wildman–Crippen LogP) is 3.58. The molecule has 0 atom stereocenters. The van der Waals surface area contributed by atoms with E-state index in [1.54, 1.807) is 30.8 Å². The Labute approximate surface area is 190 Å². The summed E-state index contributed by atoms with van der Waals surface area (Å²) >= 11 is 1.29. The minimum Gasteiger partial charge on any atom is -0.497 e. The Morgan fingerprint density at radius 2 is 1.81 bits per heavy atom. The van der Waals surface area contributed by atoms with Gasteiger partial charge in [0.25, 0.3) is 0 Å². The molecule has 164 valence electrons. The van der Waals surface area contributed by atoms with Crippen LogP contribution in [0.5, 0.6) is 11.5 Å². The molecule has 0 fully saturated rings. The quantitative estimate of drug-likeness (QED) is 0.380. The first-order valence-electron chi connectivity index (χ1n) is 9.94. The predicted molar refractivity (Wildman–Crippen MR) is 123 cm³/mol. The summed E-state index contributed by atoms with van der Waals surface area (Å²) in [5.41, 5.74) is 1.78. The number of aromatic nitrogens is 4. The van der Waals surface area contributed by atoms with Crippen molar-refractivity contribution in [2.75, 3.05) is 27.0 Å². The highest BCUT2D eigenvalue weighted by molar-refractivity contribution is 7.99. The highest BCUT2D eigenvalue weighted by atomic mass is 32.2. The molecule has 0 saturated heterocycles. The van der Waals surface area contributed by atoms with Crippen LogP contribution in [0.2, 0.25) is 0 Å². The van der Waals surface area contributed by atoms with Crippen LogP contribution in [0, 0.1) is 0 Å². The van der Waals surface area contributed by atoms with E-state index in [1.165, 1.54) is 11.8 Å². The minimum atomic E-state index is -0.0144. The smallest absolute Gasteiger partial charge is 0.233 e. The Hall–Kier alpha value is -3.59. The normalized spacial score (nSPS) is 10.8. The summed E-state index contributed by atoms with van der Waals surface area (Å²) in [4.78, 5) is 14.4. The monoisotopic (exact) mass is 449 g/mol. The van der Waals surface area contributed by atoms with Gasteiger partial charge in [-0.25, -0.2) is 0 Å². The third-order valence-electron chi connectivity index (χ3n) is 5.04. The number of carbonyl (C=O) groups is 1. The van der Waals surface area contributed by atoms with Gasteiger partial charge in [-0.1, -0.05) is 42.1 Å². The van der Waals surface area contributed by atoms with Crippen molar-refractivity contribution in [3.8, 4) is 17.2 Å². The molecule has 0 N–H and O–H groups in total. The maximum absolute atomic E-state index is 12.7. The summed E-state index contributed by atoms with van der Waals surface area (Å²) in [6.07, 6.45) is 0. The molecule has 0 aliphatic rings. The number of benzene rings is 3. The first kappa shape index (κ1) is 21.6. The number of amides is 1. The molecule has 0 unspecified atom stereocenters. The van der Waals surface area contributed by atoms with Crippen LogP contribution in [0.3, 0.4) is 0 Å². The van der Waals surface area contributed by atoms with Crippen molar-refractivity contribution in [2.45, 2.75) is 11.7 Å². The van der Waals surface area contributed by atoms with E-state index >= 15 is 0 Å². The number of tetrazole rings is 1. The zero-order chi connectivity index (χ0) is 22.5. The molecule has 0 saturated carbocycles. The summed E-state index contributed by atoms with van der Waals surface area (Å²) < 4.78 is 12.2. The van der Waals surface area contributed by atoms with Gasteiger partial charge in [0.1, 0.15) is 17.2 Å². The van der Waals surface area contributed by atoms with E-state index in [2.05, 4.69) is 21.6 Å². The number of carbonyl (C=O) groups excluding carboxylic acids is 1. The average Bonchev–Trinajstić information content (AvgIpc) is 3.30. The lowest BCUT2D eigenvalue weighted by Gasteiger charge is -2.17. The Morgan fingerprint density at radius 1 is 1.03 bits per heavy atom. The van der Waals surface area contributed by atoms with Crippen molar-refractivity contribution in [2.24, 2.45) is 0 Å². The molecule has 4 rings (SSSR count). The molecular formula is C23H23N5O3S. The van der Waals surface area contributed by atoms with E-state index in [9.17, 15) is 4.79 Å². The molecule has 9 heteroatoms. The van der Waals surface area contributed by atoms with Crippen LogP contribution < -0.4 is 9.47 Å². The molecule has 0 spiro atoms. The number of fused-ring (bicyclic) bond motifs is 1. The summed E-state index contributed by atoms with van der Waals surface area (Å²) in [6.45, 7) is 0.513. The fourth-order valence-electron chi connectivity index (χ4n) is 3.32. The molecule has 0 aliphatic heterocycles. The van der Waals surface area contributed by atoms with Crippen molar-refractivity contribution in [3.05, 3.63) is 66.2 Å². The van der Waals surface area contributed by atoms with Crippen molar-refractivity contribution in [1.82, 2.24) is 25.1 Å². The van der Waals surface area contributed by atoms with E-state index < -0.39 is 0 Å². The van der Waals surface area contributed by atoms with Gasteiger partial charge in [0.2, 0.25) is 11.1 Å². The van der Waals surface area contributed by atoms with Gasteiger partial charge in [-0.3, -0.25) is 4.79 Å². The number of hydrogen-bond acceptors (Lipinski definition) is 7. The Kier molecular flexibility index (Phi) is 6.55. The Morgan fingerprint density at radius 3 is 2.62 bits per heavy atom. The Balaban J connectivity index is 1.41. The number of hydrogen-bond donors (Lipinski definition) is 0. The van der Waals surface area contributed by atoms with Crippen LogP contribution in [-0.2, 0) is 11.3 Å². The summed E-state index contributed by atoms with van der Waals surface area (Å²) in [6, 6.07) is 19.6. The van der Waals surface area contributed by atoms with Gasteiger partial charge in [0.05, 0.1) is 20.0 Å². The van der Waals surface area contributed by atoms with Crippen molar-refractivity contribution >= 4 is 28.4 Å². The molecule has 1 amide bonds. The maximum Gasteiger partial charge on any atom is 0.233 e. The van der Waals surface area contributed by atoms with Crippen LogP contribution in [0.1, 0.15) is 5.56 Å². The van der Waals surface area contributed by atoms with E-state index in [0.717, 1.165) is 27.8 Å². The van der Waals surface area contributed by atoms with Crippen LogP contribution in [0.25, 0.3) is 16.5 Å². The van der Waals surface area contributed by atoms with Gasteiger partial charge in [-0.05, 0) is 57.1 Å². The highest BCUT2D eigenvalue weighted by Gasteiger charge is 2.16. The molecule has 1 aromatic heterocycles. The number of thioether (sulfide) groups is 1. The fraction of sp³-hybridized carbons (Fsp3) is 0.217. The summed E-state index contributed by atoms with van der Waals surface area (Å²) in [7, 11) is 5.05. The van der Waals surface area contributed by atoms with Crippen LogP contribution in [0.15, 0.2) is 65.8 Å². The van der Waals surface area contributed by atoms with Crippen molar-refractivity contribution in [3.63, 3.8) is 0 Å². The number of methoxy groups -OCH3 is 2. The maximum atomic E-state index is 12.7. The van der Waals surface area contributed by atoms with E-state index in [4.69, 9.17) is 9.47 Å². The van der Waals surface area contributed by atoms with E-state index in [-0.39, 0.29) is 11.7 Å². The first-order chi connectivity index (χ1) is 15.6. The summed E-state index contributed by atoms with van der Waals surface area (Å²) in [5, 5.41) is 14.6. The minimum absolute atomic E-state index is 0.0144. The van der Waals surface area contributed by atoms with Crippen LogP contribution in [-0.4, -0.2) is 58.0 Å². The van der Waals surface area contributed by atoms with E-state index in [0.29, 0.717) is 17.5 Å². The number of rotatable bonds is 8. The topological polar surface area (TPSA) is 82.4 Å². The second kappa shape index (κ2) is 9.69. The molecular weight excluding hydrogens is 426 g/mol. The lowest BCUT2D eigenvalue weighted by atomic mass is 10.1. The number of para-hydroxylation sites is 2. The first-order valence-corrected chi connectivity index (χ1v) is 10.9. The zero-order valence-electron chi connectivity index (χ0n) is 18.1. The molecule has 0 radical (unpaired) electrons. The SMILES string of the molecule is COc1ccc2cc(CN(C)C(=O)CSc3nnnn3-c3ccccc3OC)ccc2c1. The molecule has 8 nitrogen and oxygen atoms in total. The van der Waals surface area contributed by atoms with Crippen LogP contribution in [0.4, 0.5) is 0 Å². The third-order valence-corrected chi connectivity index (χ3v) is 5.94. The number of nitrogens with zero attached hydrogens (tertiary/aromatic N) is 5. The third kappa shape index (κ3) is 4.67. The Bertz CT molecular complexity index is 1240. The standard InChI is InChI=1S/C23H23N5O3S/c1-27(14-16-8-9-18-13-19(30-2)11-10-17(18)12-16)22(29)15-32-23-24-25-26-28(23)20-6-4-5-7-21(20)31-3/h4-13H,14-15H2,1-3H3. The molecule has 1 heterocycles. The molecule has 0 bridgehead atoms. The second-order valence-corrected chi connectivity index (χ2v) is 8.07. The molecule has 3 aromatic carbocycles. The fourth-order valence-corrected chi connectivity index (χ4v) is 4.15. The van der Waals surface area contributed by atoms with Crippen molar-refractivity contribution < 1.29 is 14.3 Å². The average molecular weight is 450 g/mol. The summed E-state index contributed by atoms with van der Waals surface area (Å²) in [5.74, 6) is 1.68. The van der Waals surface area contributed by atoms with Gasteiger partial charge < -0.3 is 14.4 Å². The van der Waals surface area contributed by atoms with E-state index in [1.807, 2.05) is 54.6 Å². The molecule has 0 aliphatic carbocycles. The lowest BCUT2D eigenvalue weighted by molar-refractivity contribution is -0.127.